The van der Waals surface area contributed by atoms with Crippen molar-refractivity contribution < 1.29 is 14.3 Å². The number of rotatable bonds is 4. The Morgan fingerprint density at radius 3 is 2.72 bits per heavy atom. The molecule has 0 aliphatic carbocycles. The molecule has 0 aliphatic rings. The number of nitrogens with zero attached hydrogens (tertiary/aromatic N) is 2. The van der Waals surface area contributed by atoms with Crippen molar-refractivity contribution in [3.8, 4) is 6.01 Å². The number of esters is 1. The van der Waals surface area contributed by atoms with Crippen molar-refractivity contribution in [3.63, 3.8) is 0 Å². The van der Waals surface area contributed by atoms with Gasteiger partial charge in [0, 0.05) is 23.9 Å². The zero-order chi connectivity index (χ0) is 13.7. The predicted octanol–water partition coefficient (Wildman–Crippen LogP) is 0.680. The lowest BCUT2D eigenvalue weighted by Crippen LogP contribution is -2.22. The van der Waals surface area contributed by atoms with E-state index in [4.69, 9.17) is 4.74 Å². The van der Waals surface area contributed by atoms with Crippen LogP contribution in [-0.4, -0.2) is 29.7 Å². The van der Waals surface area contributed by atoms with Gasteiger partial charge < -0.3 is 9.47 Å². The highest BCUT2D eigenvalue weighted by molar-refractivity contribution is 5.87. The van der Waals surface area contributed by atoms with Gasteiger partial charge in [-0.05, 0) is 13.8 Å². The molecule has 6 nitrogen and oxygen atoms in total. The lowest BCUT2D eigenvalue weighted by molar-refractivity contribution is -0.136. The highest BCUT2D eigenvalue weighted by Gasteiger charge is 2.07. The molecule has 0 bridgehead atoms. The van der Waals surface area contributed by atoms with Gasteiger partial charge >= 0.3 is 5.97 Å². The summed E-state index contributed by atoms with van der Waals surface area (Å²) in [6.45, 7) is 3.53. The van der Waals surface area contributed by atoms with E-state index in [-0.39, 0.29) is 18.1 Å². The first-order valence-corrected chi connectivity index (χ1v) is 5.37. The maximum absolute atomic E-state index is 11.8. The van der Waals surface area contributed by atoms with Crippen LogP contribution in [0.1, 0.15) is 12.6 Å². The molecule has 0 saturated heterocycles. The second kappa shape index (κ2) is 6.00. The number of hydrogen-bond donors (Lipinski definition) is 0. The van der Waals surface area contributed by atoms with Crippen LogP contribution in [0.4, 0.5) is 0 Å². The normalized spacial score (nSPS) is 11.2. The van der Waals surface area contributed by atoms with Crippen LogP contribution in [0.2, 0.25) is 0 Å². The smallest absolute Gasteiger partial charge is 0.333 e. The van der Waals surface area contributed by atoms with Crippen LogP contribution >= 0.6 is 0 Å². The van der Waals surface area contributed by atoms with Crippen LogP contribution < -0.4 is 10.3 Å². The monoisotopic (exact) mass is 252 g/mol. The Morgan fingerprint density at radius 2 is 2.17 bits per heavy atom. The number of methoxy groups -OCH3 is 2. The molecule has 0 spiro atoms. The van der Waals surface area contributed by atoms with Gasteiger partial charge in [0.15, 0.2) is 0 Å². The lowest BCUT2D eigenvalue weighted by Gasteiger charge is -2.09. The molecule has 0 unspecified atom stereocenters. The summed E-state index contributed by atoms with van der Waals surface area (Å²) in [6, 6.07) is 1.62. The van der Waals surface area contributed by atoms with Crippen LogP contribution in [0, 0.1) is 6.92 Å². The summed E-state index contributed by atoms with van der Waals surface area (Å²) in [5.41, 5.74) is 0.780. The third-order valence-electron chi connectivity index (χ3n) is 2.37. The van der Waals surface area contributed by atoms with Crippen molar-refractivity contribution >= 4 is 5.97 Å². The fraction of sp³-hybridized carbons (Fsp3) is 0.417. The van der Waals surface area contributed by atoms with Gasteiger partial charge in [0.25, 0.3) is 11.6 Å². The van der Waals surface area contributed by atoms with Gasteiger partial charge in [0.05, 0.1) is 14.2 Å². The van der Waals surface area contributed by atoms with E-state index in [2.05, 4.69) is 9.72 Å². The standard InChI is InChI=1S/C12H16N2O4/c1-8(11(16)17-3)5-6-14-10(15)7-9(2)13-12(14)18-4/h5,7H,6H2,1-4H3. The van der Waals surface area contributed by atoms with Crippen molar-refractivity contribution in [1.82, 2.24) is 9.55 Å². The Labute approximate surface area is 105 Å². The number of aryl methyl sites for hydroxylation is 1. The van der Waals surface area contributed by atoms with Crippen LogP contribution in [0.25, 0.3) is 0 Å². The molecule has 1 aromatic rings. The Hall–Kier alpha value is -2.11. The van der Waals surface area contributed by atoms with E-state index in [1.807, 2.05) is 0 Å². The minimum atomic E-state index is -0.429. The average Bonchev–Trinajstić information content (AvgIpc) is 2.35. The van der Waals surface area contributed by atoms with Crippen molar-refractivity contribution in [1.29, 1.82) is 0 Å². The molecule has 0 radical (unpaired) electrons. The second-order valence-electron chi connectivity index (χ2n) is 3.71. The lowest BCUT2D eigenvalue weighted by atomic mass is 10.3. The van der Waals surface area contributed by atoms with Crippen LogP contribution in [0.5, 0.6) is 6.01 Å². The van der Waals surface area contributed by atoms with Crippen molar-refractivity contribution in [2.24, 2.45) is 0 Å². The predicted molar refractivity (Wildman–Crippen MR) is 65.6 cm³/mol. The summed E-state index contributed by atoms with van der Waals surface area (Å²) < 4.78 is 10.9. The Bertz CT molecular complexity index is 531. The number of hydrogen-bond acceptors (Lipinski definition) is 5. The molecule has 0 aliphatic heterocycles. The molecule has 0 fully saturated rings. The van der Waals surface area contributed by atoms with Crippen molar-refractivity contribution in [3.05, 3.63) is 33.8 Å². The fourth-order valence-electron chi connectivity index (χ4n) is 1.39. The molecule has 0 atom stereocenters. The Balaban J connectivity index is 3.05. The van der Waals surface area contributed by atoms with E-state index in [1.54, 1.807) is 19.9 Å². The van der Waals surface area contributed by atoms with Crippen molar-refractivity contribution in [2.75, 3.05) is 14.2 Å². The van der Waals surface area contributed by atoms with E-state index < -0.39 is 5.97 Å². The maximum Gasteiger partial charge on any atom is 0.333 e. The summed E-state index contributed by atoms with van der Waals surface area (Å²) in [5.74, 6) is -0.429. The number of allylic oxidation sites excluding steroid dienone is 1. The van der Waals surface area contributed by atoms with E-state index in [0.717, 1.165) is 0 Å². The number of aromatic nitrogens is 2. The summed E-state index contributed by atoms with van der Waals surface area (Å²) >= 11 is 0. The fourth-order valence-corrected chi connectivity index (χ4v) is 1.39. The molecule has 18 heavy (non-hydrogen) atoms. The van der Waals surface area contributed by atoms with Crippen molar-refractivity contribution in [2.45, 2.75) is 20.4 Å². The first-order valence-electron chi connectivity index (χ1n) is 5.37. The summed E-state index contributed by atoms with van der Waals surface area (Å²) in [6.07, 6.45) is 1.59. The molecule has 1 aromatic heterocycles. The quantitative estimate of drug-likeness (QED) is 0.582. The van der Waals surface area contributed by atoms with Gasteiger partial charge in [-0.1, -0.05) is 6.08 Å². The number of carbonyl (C=O) groups excluding carboxylic acids is 1. The van der Waals surface area contributed by atoms with E-state index in [9.17, 15) is 9.59 Å². The SMILES string of the molecule is COC(=O)C(C)=CCn1c(OC)nc(C)cc1=O. The minimum absolute atomic E-state index is 0.205. The third-order valence-corrected chi connectivity index (χ3v) is 2.37. The highest BCUT2D eigenvalue weighted by atomic mass is 16.5. The molecular weight excluding hydrogens is 236 g/mol. The molecule has 1 heterocycles. The Morgan fingerprint density at radius 1 is 1.50 bits per heavy atom. The highest BCUT2D eigenvalue weighted by Crippen LogP contribution is 2.05. The first-order chi connectivity index (χ1) is 8.49. The first kappa shape index (κ1) is 14.0. The summed E-state index contributed by atoms with van der Waals surface area (Å²) in [7, 11) is 2.74. The van der Waals surface area contributed by atoms with E-state index in [1.165, 1.54) is 24.9 Å². The summed E-state index contributed by atoms with van der Waals surface area (Å²) in [5, 5.41) is 0. The largest absolute Gasteiger partial charge is 0.468 e. The van der Waals surface area contributed by atoms with Gasteiger partial charge in [-0.3, -0.25) is 9.36 Å². The molecule has 6 heteroatoms. The van der Waals surface area contributed by atoms with Crippen LogP contribution in [0.3, 0.4) is 0 Å². The van der Waals surface area contributed by atoms with Gasteiger partial charge in [-0.15, -0.1) is 0 Å². The zero-order valence-corrected chi connectivity index (χ0v) is 10.9. The number of ether oxygens (including phenoxy) is 2. The van der Waals surface area contributed by atoms with Crippen LogP contribution in [-0.2, 0) is 16.1 Å². The molecule has 0 saturated carbocycles. The maximum atomic E-state index is 11.8. The molecule has 98 valence electrons. The minimum Gasteiger partial charge on any atom is -0.468 e. The van der Waals surface area contributed by atoms with Gasteiger partial charge in [-0.25, -0.2) is 9.78 Å². The number of carbonyl (C=O) groups is 1. The summed E-state index contributed by atoms with van der Waals surface area (Å²) in [4.78, 5) is 27.1. The van der Waals surface area contributed by atoms with Gasteiger partial charge in [-0.2, -0.15) is 0 Å². The third kappa shape index (κ3) is 3.19. The van der Waals surface area contributed by atoms with E-state index in [0.29, 0.717) is 11.3 Å². The molecule has 0 aromatic carbocycles. The second-order valence-corrected chi connectivity index (χ2v) is 3.71. The average molecular weight is 252 g/mol. The van der Waals surface area contributed by atoms with E-state index >= 15 is 0 Å². The molecule has 1 rings (SSSR count). The Kier molecular flexibility index (Phi) is 4.65. The molecule has 0 amide bonds. The topological polar surface area (TPSA) is 70.4 Å². The molecular formula is C12H16N2O4. The van der Waals surface area contributed by atoms with Gasteiger partial charge in [0.1, 0.15) is 0 Å². The molecule has 0 N–H and O–H groups in total. The zero-order valence-electron chi connectivity index (χ0n) is 10.9. The van der Waals surface area contributed by atoms with Gasteiger partial charge in [0.2, 0.25) is 0 Å². The van der Waals surface area contributed by atoms with Crippen LogP contribution in [0.15, 0.2) is 22.5 Å².